The Labute approximate surface area is 132 Å². The summed E-state index contributed by atoms with van der Waals surface area (Å²) in [7, 11) is 0. The maximum atomic E-state index is 14.3. The molecule has 0 saturated carbocycles. The van der Waals surface area contributed by atoms with Crippen molar-refractivity contribution < 1.29 is 4.39 Å². The van der Waals surface area contributed by atoms with Gasteiger partial charge in [0, 0.05) is 5.02 Å². The van der Waals surface area contributed by atoms with Gasteiger partial charge in [-0.2, -0.15) is 0 Å². The summed E-state index contributed by atoms with van der Waals surface area (Å²) < 4.78 is 16.0. The number of aryl methyl sites for hydroxylation is 1. The van der Waals surface area contributed by atoms with Crippen molar-refractivity contribution in [2.24, 2.45) is 0 Å². The number of halogens is 3. The molecule has 1 aromatic heterocycles. The normalized spacial score (nSPS) is 12.8. The molecule has 0 aliphatic carbocycles. The van der Waals surface area contributed by atoms with Crippen LogP contribution in [0.15, 0.2) is 36.4 Å². The van der Waals surface area contributed by atoms with Gasteiger partial charge in [0.05, 0.1) is 22.1 Å². The van der Waals surface area contributed by atoms with Crippen LogP contribution in [-0.2, 0) is 0 Å². The first-order valence-corrected chi connectivity index (χ1v) is 7.37. The average molecular weight is 323 g/mol. The molecule has 21 heavy (non-hydrogen) atoms. The van der Waals surface area contributed by atoms with Crippen molar-refractivity contribution >= 4 is 34.2 Å². The second-order valence-corrected chi connectivity index (χ2v) is 6.10. The number of benzene rings is 2. The van der Waals surface area contributed by atoms with E-state index in [1.165, 1.54) is 6.07 Å². The van der Waals surface area contributed by atoms with Crippen molar-refractivity contribution in [3.05, 3.63) is 58.6 Å². The number of imidazole rings is 1. The van der Waals surface area contributed by atoms with Gasteiger partial charge in [-0.3, -0.25) is 4.57 Å². The predicted molar refractivity (Wildman–Crippen MR) is 85.0 cm³/mol. The van der Waals surface area contributed by atoms with Crippen LogP contribution in [0.5, 0.6) is 0 Å². The molecule has 0 radical (unpaired) electrons. The maximum absolute atomic E-state index is 14.3. The molecule has 0 spiro atoms. The third-order valence-electron chi connectivity index (χ3n) is 3.34. The largest absolute Gasteiger partial charge is 0.292 e. The third-order valence-corrected chi connectivity index (χ3v) is 3.77. The summed E-state index contributed by atoms with van der Waals surface area (Å²) in [5, 5.41) is 0.238. The quantitative estimate of drug-likeness (QED) is 0.575. The van der Waals surface area contributed by atoms with Crippen LogP contribution in [0.25, 0.3) is 16.7 Å². The van der Waals surface area contributed by atoms with E-state index in [1.807, 2.05) is 19.9 Å². The molecule has 2 nitrogen and oxygen atoms in total. The fourth-order valence-corrected chi connectivity index (χ4v) is 2.70. The van der Waals surface area contributed by atoms with Crippen LogP contribution in [-0.4, -0.2) is 9.55 Å². The molecule has 2 aromatic carbocycles. The topological polar surface area (TPSA) is 17.8 Å². The van der Waals surface area contributed by atoms with Gasteiger partial charge in [-0.05, 0) is 49.7 Å². The summed E-state index contributed by atoms with van der Waals surface area (Å²) in [6.45, 7) is 3.73. The van der Waals surface area contributed by atoms with Crippen molar-refractivity contribution in [3.8, 4) is 5.69 Å². The molecule has 1 unspecified atom stereocenters. The molecule has 0 aliphatic heterocycles. The van der Waals surface area contributed by atoms with E-state index < -0.39 is 0 Å². The Balaban J connectivity index is 2.39. The molecule has 0 bridgehead atoms. The van der Waals surface area contributed by atoms with E-state index in [1.54, 1.807) is 28.8 Å². The van der Waals surface area contributed by atoms with Gasteiger partial charge in [-0.1, -0.05) is 17.7 Å². The van der Waals surface area contributed by atoms with E-state index in [2.05, 4.69) is 4.98 Å². The van der Waals surface area contributed by atoms with Crippen LogP contribution < -0.4 is 0 Å². The first kappa shape index (κ1) is 14.4. The van der Waals surface area contributed by atoms with Crippen LogP contribution in [0, 0.1) is 12.7 Å². The molecule has 3 aromatic rings. The van der Waals surface area contributed by atoms with Crippen molar-refractivity contribution in [2.75, 3.05) is 0 Å². The minimum absolute atomic E-state index is 0.312. The molecule has 1 atom stereocenters. The molecular weight excluding hydrogens is 310 g/mol. The molecular formula is C16H13Cl2FN2. The summed E-state index contributed by atoms with van der Waals surface area (Å²) in [5.74, 6) is 0.284. The Hall–Kier alpha value is -1.58. The Bertz CT molecular complexity index is 825. The lowest BCUT2D eigenvalue weighted by Crippen LogP contribution is -2.04. The fraction of sp³-hybridized carbons (Fsp3) is 0.188. The lowest BCUT2D eigenvalue weighted by molar-refractivity contribution is 0.616. The van der Waals surface area contributed by atoms with Gasteiger partial charge in [-0.15, -0.1) is 11.6 Å². The summed E-state index contributed by atoms with van der Waals surface area (Å²) in [6.07, 6.45) is 0. The van der Waals surface area contributed by atoms with Gasteiger partial charge in [0.25, 0.3) is 0 Å². The molecule has 0 saturated heterocycles. The standard InChI is InChI=1S/C16H13Cl2FN2/c1-9-3-5-12(19)15(7-9)21-14-6-4-11(18)8-13(14)20-16(21)10(2)17/h3-8,10H,1-2H3. The van der Waals surface area contributed by atoms with Crippen LogP contribution >= 0.6 is 23.2 Å². The smallest absolute Gasteiger partial charge is 0.147 e. The Morgan fingerprint density at radius 2 is 1.95 bits per heavy atom. The number of hydrogen-bond donors (Lipinski definition) is 0. The van der Waals surface area contributed by atoms with Crippen LogP contribution in [0.3, 0.4) is 0 Å². The van der Waals surface area contributed by atoms with Gasteiger partial charge in [0.1, 0.15) is 11.6 Å². The summed E-state index contributed by atoms with van der Waals surface area (Å²) >= 11 is 12.2. The summed E-state index contributed by atoms with van der Waals surface area (Å²) in [6, 6.07) is 10.3. The van der Waals surface area contributed by atoms with Crippen molar-refractivity contribution in [2.45, 2.75) is 19.2 Å². The van der Waals surface area contributed by atoms with E-state index in [0.29, 0.717) is 22.1 Å². The number of aromatic nitrogens is 2. The Kier molecular flexibility index (Phi) is 3.64. The number of nitrogens with zero attached hydrogens (tertiary/aromatic N) is 2. The van der Waals surface area contributed by atoms with Gasteiger partial charge >= 0.3 is 0 Å². The highest BCUT2D eigenvalue weighted by Crippen LogP contribution is 2.30. The molecule has 0 N–H and O–H groups in total. The van der Waals surface area contributed by atoms with Crippen LogP contribution in [0.4, 0.5) is 4.39 Å². The van der Waals surface area contributed by atoms with Gasteiger partial charge < -0.3 is 0 Å². The second kappa shape index (κ2) is 5.32. The zero-order valence-corrected chi connectivity index (χ0v) is 13.1. The molecule has 1 heterocycles. The van der Waals surface area contributed by atoms with E-state index in [-0.39, 0.29) is 11.2 Å². The molecule has 108 valence electrons. The van der Waals surface area contributed by atoms with Gasteiger partial charge in [0.2, 0.25) is 0 Å². The summed E-state index contributed by atoms with van der Waals surface area (Å²) in [4.78, 5) is 4.50. The minimum Gasteiger partial charge on any atom is -0.292 e. The summed E-state index contributed by atoms with van der Waals surface area (Å²) in [5.41, 5.74) is 2.90. The second-order valence-electron chi connectivity index (χ2n) is 5.01. The Morgan fingerprint density at radius 3 is 2.67 bits per heavy atom. The number of hydrogen-bond acceptors (Lipinski definition) is 1. The number of alkyl halides is 1. The predicted octanol–water partition coefficient (Wildman–Crippen LogP) is 5.43. The van der Waals surface area contributed by atoms with E-state index >= 15 is 0 Å². The zero-order valence-electron chi connectivity index (χ0n) is 11.6. The monoisotopic (exact) mass is 322 g/mol. The first-order valence-electron chi connectivity index (χ1n) is 6.56. The van der Waals surface area contributed by atoms with Crippen LogP contribution in [0.1, 0.15) is 23.7 Å². The third kappa shape index (κ3) is 2.52. The van der Waals surface area contributed by atoms with Gasteiger partial charge in [-0.25, -0.2) is 9.37 Å². The van der Waals surface area contributed by atoms with Crippen LogP contribution in [0.2, 0.25) is 5.02 Å². The SMILES string of the molecule is Cc1ccc(F)c(-n2c(C(C)Cl)nc3cc(Cl)ccc32)c1. The minimum atomic E-state index is -0.351. The highest BCUT2D eigenvalue weighted by Gasteiger charge is 2.18. The lowest BCUT2D eigenvalue weighted by Gasteiger charge is -2.12. The molecule has 0 aliphatic rings. The zero-order chi connectivity index (χ0) is 15.1. The van der Waals surface area contributed by atoms with Gasteiger partial charge in [0.15, 0.2) is 0 Å². The lowest BCUT2D eigenvalue weighted by atomic mass is 10.2. The molecule has 5 heteroatoms. The molecule has 3 rings (SSSR count). The first-order chi connectivity index (χ1) is 9.97. The number of fused-ring (bicyclic) bond motifs is 1. The fourth-order valence-electron chi connectivity index (χ4n) is 2.39. The number of rotatable bonds is 2. The van der Waals surface area contributed by atoms with E-state index in [0.717, 1.165) is 11.1 Å². The molecule has 0 amide bonds. The van der Waals surface area contributed by atoms with E-state index in [4.69, 9.17) is 23.2 Å². The highest BCUT2D eigenvalue weighted by molar-refractivity contribution is 6.31. The van der Waals surface area contributed by atoms with Crippen molar-refractivity contribution in [1.29, 1.82) is 0 Å². The highest BCUT2D eigenvalue weighted by atomic mass is 35.5. The van der Waals surface area contributed by atoms with Crippen molar-refractivity contribution in [3.63, 3.8) is 0 Å². The molecule has 0 fully saturated rings. The van der Waals surface area contributed by atoms with Crippen molar-refractivity contribution in [1.82, 2.24) is 9.55 Å². The average Bonchev–Trinajstić information content (AvgIpc) is 2.80. The Morgan fingerprint density at radius 1 is 1.19 bits per heavy atom. The van der Waals surface area contributed by atoms with E-state index in [9.17, 15) is 4.39 Å². The maximum Gasteiger partial charge on any atom is 0.147 e.